The zero-order valence-electron chi connectivity index (χ0n) is 49.2. The van der Waals surface area contributed by atoms with Crippen LogP contribution in [0.15, 0.2) is 267 Å². The van der Waals surface area contributed by atoms with E-state index < -0.39 is 0 Å². The second-order valence-electron chi connectivity index (χ2n) is 25.7. The van der Waals surface area contributed by atoms with Crippen LogP contribution in [0.2, 0.25) is 0 Å². The normalized spacial score (nSPS) is 12.5. The highest BCUT2D eigenvalue weighted by Crippen LogP contribution is 2.54. The molecule has 0 bridgehead atoms. The maximum Gasteiger partial charge on any atom is 0.0641 e. The van der Waals surface area contributed by atoms with Crippen molar-refractivity contribution >= 4 is 132 Å². The molecule has 0 atom stereocenters. The Bertz CT molecular complexity index is 5170. The van der Waals surface area contributed by atoms with Gasteiger partial charge in [-0.25, -0.2) is 0 Å². The van der Waals surface area contributed by atoms with Gasteiger partial charge in [0.2, 0.25) is 0 Å². The van der Waals surface area contributed by atoms with Crippen molar-refractivity contribution in [1.29, 1.82) is 0 Å². The van der Waals surface area contributed by atoms with Crippen LogP contribution in [0.25, 0.3) is 120 Å². The van der Waals surface area contributed by atoms with Gasteiger partial charge in [-0.1, -0.05) is 224 Å². The van der Waals surface area contributed by atoms with E-state index in [2.05, 4.69) is 327 Å². The number of nitrogens with zero attached hydrogens (tertiary/aromatic N) is 4. The van der Waals surface area contributed by atoms with Crippen molar-refractivity contribution in [3.8, 4) is 22.3 Å². The molecule has 86 heavy (non-hydrogen) atoms. The van der Waals surface area contributed by atoms with E-state index in [4.69, 9.17) is 0 Å². The van der Waals surface area contributed by atoms with Gasteiger partial charge in [0.25, 0.3) is 0 Å². The molecule has 0 saturated carbocycles. The van der Waals surface area contributed by atoms with Crippen molar-refractivity contribution in [2.75, 3.05) is 9.80 Å². The van der Waals surface area contributed by atoms with Crippen molar-refractivity contribution in [2.24, 2.45) is 0 Å². The Balaban J connectivity index is 0.939. The maximum atomic E-state index is 2.57. The second kappa shape index (κ2) is 18.5. The first-order valence-electron chi connectivity index (χ1n) is 30.2. The van der Waals surface area contributed by atoms with Crippen LogP contribution < -0.4 is 9.80 Å². The van der Waals surface area contributed by atoms with Crippen LogP contribution in [-0.4, -0.2) is 8.80 Å². The minimum Gasteiger partial charge on any atom is -0.309 e. The van der Waals surface area contributed by atoms with Gasteiger partial charge < -0.3 is 18.6 Å². The van der Waals surface area contributed by atoms with E-state index in [-0.39, 0.29) is 10.8 Å². The molecule has 17 aromatic rings. The first-order valence-corrected chi connectivity index (χ1v) is 30.2. The monoisotopic (exact) mass is 1100 g/mol. The molecule has 13 aromatic carbocycles. The standard InChI is InChI=1S/C82H62N4/c1-81(2,3)57-33-37-59(38-34-57)83(73-47-55-27-15-13-25-53(55)45-65(73)51-21-9-7-10-22-51)71-43-41-61-67-49-76-68(50-75(67)85-69-31-19-17-29-63(69)77(71)79(61)85)62-42-44-72(78-64-30-18-20-32-70(64)86(76)80(62)78)84(60-39-35-58(36-40-60)82(4,5)6)74-48-56-28-16-14-26-54(56)46-66(74)52-23-11-8-12-24-52/h7-50H,1-6H3. The van der Waals surface area contributed by atoms with Crippen LogP contribution >= 0.6 is 0 Å². The van der Waals surface area contributed by atoms with Crippen LogP contribution in [-0.2, 0) is 10.8 Å². The van der Waals surface area contributed by atoms with E-state index in [9.17, 15) is 0 Å². The molecule has 0 aliphatic heterocycles. The van der Waals surface area contributed by atoms with Crippen molar-refractivity contribution in [3.05, 3.63) is 278 Å². The highest BCUT2D eigenvalue weighted by Gasteiger charge is 2.30. The quantitative estimate of drug-likeness (QED) is 0.151. The molecule has 0 aliphatic carbocycles. The number of hydrogen-bond acceptors (Lipinski definition) is 2. The largest absolute Gasteiger partial charge is 0.309 e. The Morgan fingerprint density at radius 2 is 0.616 bits per heavy atom. The van der Waals surface area contributed by atoms with Gasteiger partial charge in [-0.2, -0.15) is 0 Å². The Labute approximate surface area is 500 Å². The van der Waals surface area contributed by atoms with Gasteiger partial charge in [0.05, 0.1) is 55.8 Å². The zero-order valence-corrected chi connectivity index (χ0v) is 49.2. The Hall–Kier alpha value is -10.4. The van der Waals surface area contributed by atoms with Gasteiger partial charge in [-0.3, -0.25) is 0 Å². The molecule has 410 valence electrons. The lowest BCUT2D eigenvalue weighted by Crippen LogP contribution is -2.14. The smallest absolute Gasteiger partial charge is 0.0641 e. The van der Waals surface area contributed by atoms with E-state index >= 15 is 0 Å². The van der Waals surface area contributed by atoms with E-state index in [1.165, 1.54) is 131 Å². The lowest BCUT2D eigenvalue weighted by Gasteiger charge is -2.30. The number of anilines is 6. The number of hydrogen-bond donors (Lipinski definition) is 0. The summed E-state index contributed by atoms with van der Waals surface area (Å²) >= 11 is 0. The van der Waals surface area contributed by atoms with Crippen molar-refractivity contribution in [2.45, 2.75) is 52.4 Å². The average molecular weight is 1100 g/mol. The third kappa shape index (κ3) is 7.48. The first-order chi connectivity index (χ1) is 41.9. The van der Waals surface area contributed by atoms with Crippen molar-refractivity contribution < 1.29 is 0 Å². The molecule has 4 nitrogen and oxygen atoms in total. The zero-order chi connectivity index (χ0) is 57.7. The van der Waals surface area contributed by atoms with E-state index in [0.717, 1.165) is 34.1 Å². The van der Waals surface area contributed by atoms with Crippen LogP contribution in [0.5, 0.6) is 0 Å². The van der Waals surface area contributed by atoms with Gasteiger partial charge in [0.15, 0.2) is 0 Å². The molecule has 0 N–H and O–H groups in total. The molecular weight excluding hydrogens is 1040 g/mol. The number of fused-ring (bicyclic) bond motifs is 14. The van der Waals surface area contributed by atoms with Gasteiger partial charge in [0, 0.05) is 65.6 Å². The van der Waals surface area contributed by atoms with Crippen LogP contribution in [0.4, 0.5) is 34.1 Å². The molecule has 4 heterocycles. The predicted octanol–water partition coefficient (Wildman–Crippen LogP) is 23.2. The van der Waals surface area contributed by atoms with Gasteiger partial charge in [0.1, 0.15) is 0 Å². The maximum absolute atomic E-state index is 2.57. The molecule has 0 radical (unpaired) electrons. The summed E-state index contributed by atoms with van der Waals surface area (Å²) in [6.07, 6.45) is 0. The molecule has 17 rings (SSSR count). The van der Waals surface area contributed by atoms with Gasteiger partial charge in [-0.15, -0.1) is 0 Å². The Kier molecular flexibility index (Phi) is 10.8. The number of para-hydroxylation sites is 2. The summed E-state index contributed by atoms with van der Waals surface area (Å²) in [5.41, 5.74) is 21.4. The highest BCUT2D eigenvalue weighted by atomic mass is 15.2. The fraction of sp³-hybridized carbons (Fsp3) is 0.0976. The van der Waals surface area contributed by atoms with E-state index in [0.29, 0.717) is 0 Å². The molecule has 0 fully saturated rings. The minimum atomic E-state index is -0.0000774. The number of benzene rings is 13. The summed E-state index contributed by atoms with van der Waals surface area (Å²) in [7, 11) is 0. The Morgan fingerprint density at radius 3 is 1.00 bits per heavy atom. The topological polar surface area (TPSA) is 15.3 Å². The fourth-order valence-corrected chi connectivity index (χ4v) is 14.4. The lowest BCUT2D eigenvalue weighted by atomic mass is 9.87. The molecule has 0 aliphatic rings. The molecule has 0 unspecified atom stereocenters. The summed E-state index contributed by atoms with van der Waals surface area (Å²) in [5, 5.41) is 14.7. The number of rotatable bonds is 8. The molecule has 0 amide bonds. The van der Waals surface area contributed by atoms with Gasteiger partial charge >= 0.3 is 0 Å². The van der Waals surface area contributed by atoms with Crippen molar-refractivity contribution in [3.63, 3.8) is 0 Å². The van der Waals surface area contributed by atoms with Crippen LogP contribution in [0.3, 0.4) is 0 Å². The summed E-state index contributed by atoms with van der Waals surface area (Å²) in [5.74, 6) is 0. The third-order valence-electron chi connectivity index (χ3n) is 18.6. The summed E-state index contributed by atoms with van der Waals surface area (Å²) in [6, 6.07) is 100. The fourth-order valence-electron chi connectivity index (χ4n) is 14.4. The minimum absolute atomic E-state index is 0.0000774. The molecular formula is C82H62N4. The average Bonchev–Trinajstić information content (AvgIpc) is 1.53. The molecule has 4 aromatic heterocycles. The SMILES string of the molecule is CC(C)(C)c1ccc(N(c2cc3ccccc3cc2-c2ccccc2)c2ccc3c4cc5c(cc4n4c6ccccc6c2c34)c2ccc(N(c3ccc(C(C)(C)C)cc3)c3cc4ccccc4cc3-c3ccccc3)c3c4ccccc4n5c23)cc1. The van der Waals surface area contributed by atoms with Gasteiger partial charge in [-0.05, 0) is 140 Å². The summed E-state index contributed by atoms with van der Waals surface area (Å²) in [4.78, 5) is 5.08. The van der Waals surface area contributed by atoms with E-state index in [1.54, 1.807) is 0 Å². The molecule has 4 heteroatoms. The van der Waals surface area contributed by atoms with Crippen LogP contribution in [0.1, 0.15) is 52.7 Å². The summed E-state index contributed by atoms with van der Waals surface area (Å²) < 4.78 is 5.15. The summed E-state index contributed by atoms with van der Waals surface area (Å²) in [6.45, 7) is 13.8. The molecule has 0 saturated heterocycles. The molecule has 0 spiro atoms. The first kappa shape index (κ1) is 50.1. The third-order valence-corrected chi connectivity index (χ3v) is 18.6. The highest BCUT2D eigenvalue weighted by molar-refractivity contribution is 6.32. The number of aromatic nitrogens is 2. The van der Waals surface area contributed by atoms with Crippen molar-refractivity contribution in [1.82, 2.24) is 8.80 Å². The Morgan fingerprint density at radius 1 is 0.267 bits per heavy atom. The van der Waals surface area contributed by atoms with E-state index in [1.807, 2.05) is 0 Å². The van der Waals surface area contributed by atoms with Crippen LogP contribution in [0, 0.1) is 0 Å². The predicted molar refractivity (Wildman–Crippen MR) is 368 cm³/mol. The lowest BCUT2D eigenvalue weighted by molar-refractivity contribution is 0.590. The second-order valence-corrected chi connectivity index (χ2v) is 25.7.